The minimum atomic E-state index is -0.300. The van der Waals surface area contributed by atoms with Crippen LogP contribution in [0.3, 0.4) is 0 Å². The van der Waals surface area contributed by atoms with Gasteiger partial charge in [-0.3, -0.25) is 0 Å². The summed E-state index contributed by atoms with van der Waals surface area (Å²) >= 11 is 0. The third-order valence-electron chi connectivity index (χ3n) is 3.17. The molecule has 1 saturated heterocycles. The number of benzene rings is 1. The molecule has 2 rings (SSSR count). The van der Waals surface area contributed by atoms with Crippen LogP contribution in [-0.2, 0) is 4.74 Å². The molecule has 21 heavy (non-hydrogen) atoms. The largest absolute Gasteiger partial charge is 0.492 e. The van der Waals surface area contributed by atoms with Gasteiger partial charge in [0.15, 0.2) is 0 Å². The van der Waals surface area contributed by atoms with Crippen molar-refractivity contribution < 1.29 is 18.7 Å². The number of hydrogen-bond acceptors (Lipinski definition) is 3. The monoisotopic (exact) mass is 296 g/mol. The van der Waals surface area contributed by atoms with Crippen molar-refractivity contribution in [1.29, 1.82) is 0 Å². The highest BCUT2D eigenvalue weighted by atomic mass is 19.1. The van der Waals surface area contributed by atoms with Gasteiger partial charge in [0.2, 0.25) is 0 Å². The van der Waals surface area contributed by atoms with Gasteiger partial charge in [0.1, 0.15) is 18.2 Å². The highest BCUT2D eigenvalue weighted by Gasteiger charge is 2.25. The molecule has 1 aliphatic heterocycles. The molecule has 0 unspecified atom stereocenters. The quantitative estimate of drug-likeness (QED) is 0.865. The fourth-order valence-corrected chi connectivity index (χ4v) is 2.31. The first-order valence-electron chi connectivity index (χ1n) is 7.11. The number of nitrogens with one attached hydrogen (secondary N) is 1. The molecule has 1 fully saturated rings. The Kier molecular flexibility index (Phi) is 5.38. The van der Waals surface area contributed by atoms with Crippen LogP contribution in [0.25, 0.3) is 0 Å². The lowest BCUT2D eigenvalue weighted by Crippen LogP contribution is -2.52. The summed E-state index contributed by atoms with van der Waals surface area (Å²) in [6, 6.07) is 5.68. The van der Waals surface area contributed by atoms with Gasteiger partial charge in [-0.05, 0) is 38.1 Å². The van der Waals surface area contributed by atoms with Gasteiger partial charge in [-0.1, -0.05) is 0 Å². The molecule has 1 aromatic carbocycles. The van der Waals surface area contributed by atoms with E-state index in [-0.39, 0.29) is 24.1 Å². The van der Waals surface area contributed by atoms with Crippen molar-refractivity contribution in [3.63, 3.8) is 0 Å². The molecule has 1 aliphatic rings. The SMILES string of the molecule is C[C@@H]1CN(C(=O)NCCOc2ccc(F)cc2)C[C@@H](C)O1. The molecule has 0 aromatic heterocycles. The zero-order valence-electron chi connectivity index (χ0n) is 12.3. The minimum absolute atomic E-state index is 0.0509. The van der Waals surface area contributed by atoms with Gasteiger partial charge in [-0.25, -0.2) is 9.18 Å². The number of carbonyl (C=O) groups is 1. The predicted molar refractivity (Wildman–Crippen MR) is 76.9 cm³/mol. The first kappa shape index (κ1) is 15.6. The van der Waals surface area contributed by atoms with Crippen LogP contribution in [0.1, 0.15) is 13.8 Å². The molecular formula is C15H21FN2O3. The van der Waals surface area contributed by atoms with E-state index in [2.05, 4.69) is 5.32 Å². The van der Waals surface area contributed by atoms with Gasteiger partial charge in [0, 0.05) is 13.1 Å². The molecule has 1 heterocycles. The van der Waals surface area contributed by atoms with Gasteiger partial charge in [-0.2, -0.15) is 0 Å². The van der Waals surface area contributed by atoms with E-state index in [4.69, 9.17) is 9.47 Å². The van der Waals surface area contributed by atoms with E-state index >= 15 is 0 Å². The van der Waals surface area contributed by atoms with Gasteiger partial charge in [0.05, 0.1) is 18.8 Å². The van der Waals surface area contributed by atoms with Gasteiger partial charge in [-0.15, -0.1) is 0 Å². The maximum Gasteiger partial charge on any atom is 0.317 e. The molecule has 1 N–H and O–H groups in total. The normalized spacial score (nSPS) is 22.0. The number of amides is 2. The van der Waals surface area contributed by atoms with Gasteiger partial charge in [0.25, 0.3) is 0 Å². The summed E-state index contributed by atoms with van der Waals surface area (Å²) in [7, 11) is 0. The van der Waals surface area contributed by atoms with Crippen molar-refractivity contribution in [2.24, 2.45) is 0 Å². The van der Waals surface area contributed by atoms with Crippen LogP contribution < -0.4 is 10.1 Å². The molecule has 6 heteroatoms. The summed E-state index contributed by atoms with van der Waals surface area (Å²) in [6.45, 7) is 5.83. The lowest BCUT2D eigenvalue weighted by atomic mass is 10.2. The minimum Gasteiger partial charge on any atom is -0.492 e. The topological polar surface area (TPSA) is 50.8 Å². The first-order valence-corrected chi connectivity index (χ1v) is 7.11. The van der Waals surface area contributed by atoms with E-state index in [1.54, 1.807) is 17.0 Å². The van der Waals surface area contributed by atoms with Crippen molar-refractivity contribution >= 4 is 6.03 Å². The van der Waals surface area contributed by atoms with Crippen molar-refractivity contribution in [2.75, 3.05) is 26.2 Å². The summed E-state index contributed by atoms with van der Waals surface area (Å²) in [6.07, 6.45) is 0.102. The highest BCUT2D eigenvalue weighted by Crippen LogP contribution is 2.11. The van der Waals surface area contributed by atoms with Crippen LogP contribution in [0.4, 0.5) is 9.18 Å². The van der Waals surface area contributed by atoms with Crippen molar-refractivity contribution in [3.8, 4) is 5.75 Å². The Hall–Kier alpha value is -1.82. The second kappa shape index (κ2) is 7.26. The number of halogens is 1. The van der Waals surface area contributed by atoms with E-state index in [0.717, 1.165) is 0 Å². The van der Waals surface area contributed by atoms with Crippen LogP contribution >= 0.6 is 0 Å². The smallest absolute Gasteiger partial charge is 0.317 e. The van der Waals surface area contributed by atoms with Crippen LogP contribution in [-0.4, -0.2) is 49.4 Å². The molecule has 2 amide bonds. The van der Waals surface area contributed by atoms with Crippen molar-refractivity contribution in [2.45, 2.75) is 26.1 Å². The lowest BCUT2D eigenvalue weighted by Gasteiger charge is -2.35. The van der Waals surface area contributed by atoms with Gasteiger partial charge >= 0.3 is 6.03 Å². The molecule has 2 atom stereocenters. The average Bonchev–Trinajstić information content (AvgIpc) is 2.44. The number of ether oxygens (including phenoxy) is 2. The van der Waals surface area contributed by atoms with E-state index in [1.807, 2.05) is 13.8 Å². The fraction of sp³-hybridized carbons (Fsp3) is 0.533. The molecule has 0 saturated carbocycles. The van der Waals surface area contributed by atoms with E-state index in [1.165, 1.54) is 12.1 Å². The molecule has 0 spiro atoms. The highest BCUT2D eigenvalue weighted by molar-refractivity contribution is 5.74. The molecule has 0 bridgehead atoms. The second-order valence-corrected chi connectivity index (χ2v) is 5.20. The number of nitrogens with zero attached hydrogens (tertiary/aromatic N) is 1. The number of rotatable bonds is 4. The van der Waals surface area contributed by atoms with Crippen molar-refractivity contribution in [1.82, 2.24) is 10.2 Å². The number of hydrogen-bond donors (Lipinski definition) is 1. The molecule has 0 aliphatic carbocycles. The number of morpholine rings is 1. The standard InChI is InChI=1S/C15H21FN2O3/c1-11-9-18(10-12(2)21-11)15(19)17-7-8-20-14-5-3-13(16)4-6-14/h3-6,11-12H,7-10H2,1-2H3,(H,17,19)/t11-,12-/m1/s1. The molecule has 5 nitrogen and oxygen atoms in total. The maximum absolute atomic E-state index is 12.7. The van der Waals surface area contributed by atoms with Gasteiger partial charge < -0.3 is 19.7 Å². The van der Waals surface area contributed by atoms with Crippen molar-refractivity contribution in [3.05, 3.63) is 30.1 Å². The number of carbonyl (C=O) groups excluding carboxylic acids is 1. The molecule has 116 valence electrons. The summed E-state index contributed by atoms with van der Waals surface area (Å²) in [4.78, 5) is 13.7. The third kappa shape index (κ3) is 4.90. The number of urea groups is 1. The van der Waals surface area contributed by atoms with Crippen LogP contribution in [0.15, 0.2) is 24.3 Å². The summed E-state index contributed by atoms with van der Waals surface area (Å²) in [5.41, 5.74) is 0. The van der Waals surface area contributed by atoms with E-state index in [9.17, 15) is 9.18 Å². The van der Waals surface area contributed by atoms with Crippen LogP contribution in [0.2, 0.25) is 0 Å². The molecule has 1 aromatic rings. The molecular weight excluding hydrogens is 275 g/mol. The predicted octanol–water partition coefficient (Wildman–Crippen LogP) is 2.02. The Morgan fingerprint density at radius 1 is 1.33 bits per heavy atom. The summed E-state index contributed by atoms with van der Waals surface area (Å²) < 4.78 is 23.7. The molecule has 0 radical (unpaired) electrons. The summed E-state index contributed by atoms with van der Waals surface area (Å²) in [5.74, 6) is 0.283. The van der Waals surface area contributed by atoms with E-state index in [0.29, 0.717) is 32.0 Å². The second-order valence-electron chi connectivity index (χ2n) is 5.20. The zero-order valence-corrected chi connectivity index (χ0v) is 12.3. The summed E-state index contributed by atoms with van der Waals surface area (Å²) in [5, 5.41) is 2.81. The Balaban J connectivity index is 1.68. The van der Waals surface area contributed by atoms with Crippen LogP contribution in [0.5, 0.6) is 5.75 Å². The zero-order chi connectivity index (χ0) is 15.2. The third-order valence-corrected chi connectivity index (χ3v) is 3.17. The average molecular weight is 296 g/mol. The van der Waals surface area contributed by atoms with Crippen LogP contribution in [0, 0.1) is 5.82 Å². The lowest BCUT2D eigenvalue weighted by molar-refractivity contribution is -0.0545. The fourth-order valence-electron chi connectivity index (χ4n) is 2.31. The maximum atomic E-state index is 12.7. The Morgan fingerprint density at radius 2 is 1.95 bits per heavy atom. The first-order chi connectivity index (χ1) is 10.0. The Bertz CT molecular complexity index is 456. The Labute approximate surface area is 124 Å². The Morgan fingerprint density at radius 3 is 2.57 bits per heavy atom. The van der Waals surface area contributed by atoms with E-state index < -0.39 is 0 Å².